The van der Waals surface area contributed by atoms with Crippen LogP contribution in [0.1, 0.15) is 6.42 Å². The molecule has 1 aromatic rings. The summed E-state index contributed by atoms with van der Waals surface area (Å²) in [5.74, 6) is -4.76. The quantitative estimate of drug-likeness (QED) is 0.734. The summed E-state index contributed by atoms with van der Waals surface area (Å²) in [7, 11) is 0. The number of hydrogen-bond acceptors (Lipinski definition) is 3. The Morgan fingerprint density at radius 1 is 1.35 bits per heavy atom. The molecule has 0 unspecified atom stereocenters. The normalized spacial score (nSPS) is 19.8. The van der Waals surface area contributed by atoms with E-state index < -0.39 is 29.4 Å². The van der Waals surface area contributed by atoms with Crippen LogP contribution in [0.3, 0.4) is 0 Å². The van der Waals surface area contributed by atoms with Gasteiger partial charge in [0.15, 0.2) is 11.6 Å². The SMILES string of the molecule is O=C([O-])[C@@H]1CC(=O)N(c2ccc(F)c(F)c2)C1. The lowest BCUT2D eigenvalue weighted by Crippen LogP contribution is -2.33. The standard InChI is InChI=1S/C11H9F2NO3/c12-8-2-1-7(4-9(8)13)14-5-6(11(16)17)3-10(14)15/h1-2,4,6H,3,5H2,(H,16,17)/p-1/t6-/m1/s1. The van der Waals surface area contributed by atoms with Crippen molar-refractivity contribution in [1.82, 2.24) is 0 Å². The maximum Gasteiger partial charge on any atom is 0.227 e. The molecule has 1 saturated heterocycles. The molecule has 0 saturated carbocycles. The van der Waals surface area contributed by atoms with Crippen LogP contribution in [0.4, 0.5) is 14.5 Å². The third-order valence-electron chi connectivity index (χ3n) is 2.67. The number of benzene rings is 1. The largest absolute Gasteiger partial charge is 0.550 e. The average Bonchev–Trinajstić information content (AvgIpc) is 2.65. The third kappa shape index (κ3) is 2.11. The first-order chi connectivity index (χ1) is 7.99. The van der Waals surface area contributed by atoms with Gasteiger partial charge in [0, 0.05) is 36.6 Å². The summed E-state index contributed by atoms with van der Waals surface area (Å²) in [5, 5.41) is 10.6. The number of anilines is 1. The number of hydrogen-bond donors (Lipinski definition) is 0. The van der Waals surface area contributed by atoms with Gasteiger partial charge in [-0.2, -0.15) is 0 Å². The smallest absolute Gasteiger partial charge is 0.227 e. The van der Waals surface area contributed by atoms with Crippen LogP contribution >= 0.6 is 0 Å². The Kier molecular flexibility index (Phi) is 2.79. The monoisotopic (exact) mass is 240 g/mol. The highest BCUT2D eigenvalue weighted by Gasteiger charge is 2.31. The van der Waals surface area contributed by atoms with E-state index in [1.807, 2.05) is 0 Å². The number of carbonyl (C=O) groups excluding carboxylic acids is 2. The molecule has 0 N–H and O–H groups in total. The molecule has 1 heterocycles. The molecule has 1 aliphatic rings. The zero-order valence-electron chi connectivity index (χ0n) is 8.65. The van der Waals surface area contributed by atoms with Crippen molar-refractivity contribution in [2.75, 3.05) is 11.4 Å². The summed E-state index contributed by atoms with van der Waals surface area (Å²) in [5.41, 5.74) is 0.151. The van der Waals surface area contributed by atoms with Crippen LogP contribution in [-0.2, 0) is 9.59 Å². The van der Waals surface area contributed by atoms with Gasteiger partial charge in [-0.3, -0.25) is 4.79 Å². The van der Waals surface area contributed by atoms with Gasteiger partial charge in [0.1, 0.15) is 0 Å². The Morgan fingerprint density at radius 3 is 2.59 bits per heavy atom. The molecule has 1 aliphatic heterocycles. The van der Waals surface area contributed by atoms with Crippen LogP contribution < -0.4 is 10.0 Å². The predicted molar refractivity (Wildman–Crippen MR) is 51.8 cm³/mol. The van der Waals surface area contributed by atoms with Crippen molar-refractivity contribution in [1.29, 1.82) is 0 Å². The summed E-state index contributed by atoms with van der Waals surface area (Å²) in [4.78, 5) is 23.2. The first-order valence-electron chi connectivity index (χ1n) is 4.95. The molecule has 1 atom stereocenters. The van der Waals surface area contributed by atoms with Crippen LogP contribution in [-0.4, -0.2) is 18.4 Å². The number of nitrogens with zero attached hydrogens (tertiary/aromatic N) is 1. The van der Waals surface area contributed by atoms with Crippen molar-refractivity contribution in [3.63, 3.8) is 0 Å². The number of carbonyl (C=O) groups is 2. The van der Waals surface area contributed by atoms with Gasteiger partial charge in [0.05, 0.1) is 0 Å². The lowest BCUT2D eigenvalue weighted by Gasteiger charge is -2.17. The highest BCUT2D eigenvalue weighted by atomic mass is 19.2. The molecule has 1 amide bonds. The molecule has 90 valence electrons. The molecule has 0 radical (unpaired) electrons. The summed E-state index contributed by atoms with van der Waals surface area (Å²) < 4.78 is 25.7. The van der Waals surface area contributed by atoms with Crippen LogP contribution in [0.25, 0.3) is 0 Å². The summed E-state index contributed by atoms with van der Waals surface area (Å²) in [6.45, 7) is -0.0771. The van der Waals surface area contributed by atoms with Crippen molar-refractivity contribution >= 4 is 17.6 Å². The fourth-order valence-corrected chi connectivity index (χ4v) is 1.77. The van der Waals surface area contributed by atoms with Gasteiger partial charge in [0.25, 0.3) is 0 Å². The maximum absolute atomic E-state index is 13.0. The highest BCUT2D eigenvalue weighted by molar-refractivity contribution is 5.98. The molecule has 0 bridgehead atoms. The zero-order chi connectivity index (χ0) is 12.6. The third-order valence-corrected chi connectivity index (χ3v) is 2.67. The van der Waals surface area contributed by atoms with E-state index in [0.717, 1.165) is 17.0 Å². The zero-order valence-corrected chi connectivity index (χ0v) is 8.65. The lowest BCUT2D eigenvalue weighted by molar-refractivity contribution is -0.310. The second-order valence-electron chi connectivity index (χ2n) is 3.82. The minimum absolute atomic E-state index is 0.0771. The summed E-state index contributed by atoms with van der Waals surface area (Å²) in [6, 6.07) is 2.99. The molecule has 0 aromatic heterocycles. The topological polar surface area (TPSA) is 60.4 Å². The van der Waals surface area contributed by atoms with Gasteiger partial charge >= 0.3 is 0 Å². The molecule has 4 nitrogen and oxygen atoms in total. The van der Waals surface area contributed by atoms with E-state index in [4.69, 9.17) is 0 Å². The van der Waals surface area contributed by atoms with Gasteiger partial charge in [-0.1, -0.05) is 0 Å². The molecule has 6 heteroatoms. The molecule has 0 spiro atoms. The number of amides is 1. The molecule has 1 aromatic carbocycles. The van der Waals surface area contributed by atoms with Crippen molar-refractivity contribution in [3.05, 3.63) is 29.8 Å². The van der Waals surface area contributed by atoms with Crippen molar-refractivity contribution in [2.45, 2.75) is 6.42 Å². The van der Waals surface area contributed by atoms with E-state index in [9.17, 15) is 23.5 Å². The number of halogens is 2. The number of carboxylic acid groups (broad SMARTS) is 1. The van der Waals surface area contributed by atoms with E-state index in [2.05, 4.69) is 0 Å². The van der Waals surface area contributed by atoms with E-state index in [1.54, 1.807) is 0 Å². The predicted octanol–water partition coefficient (Wildman–Crippen LogP) is 0.0676. The van der Waals surface area contributed by atoms with Crippen LogP contribution in [0, 0.1) is 17.6 Å². The van der Waals surface area contributed by atoms with E-state index in [1.165, 1.54) is 6.07 Å². The van der Waals surface area contributed by atoms with Crippen LogP contribution in [0.5, 0.6) is 0 Å². The Hall–Kier alpha value is -1.98. The Morgan fingerprint density at radius 2 is 2.06 bits per heavy atom. The minimum atomic E-state index is -1.32. The van der Waals surface area contributed by atoms with Crippen molar-refractivity contribution in [3.8, 4) is 0 Å². The molecular weight excluding hydrogens is 232 g/mol. The Balaban J connectivity index is 2.26. The van der Waals surface area contributed by atoms with Gasteiger partial charge in [-0.15, -0.1) is 0 Å². The second kappa shape index (κ2) is 4.12. The van der Waals surface area contributed by atoms with E-state index >= 15 is 0 Å². The van der Waals surface area contributed by atoms with Gasteiger partial charge in [-0.25, -0.2) is 8.78 Å². The Bertz CT molecular complexity index is 490. The number of aliphatic carboxylic acids is 1. The number of rotatable bonds is 2. The fraction of sp³-hybridized carbons (Fsp3) is 0.273. The van der Waals surface area contributed by atoms with Crippen LogP contribution in [0.2, 0.25) is 0 Å². The fourth-order valence-electron chi connectivity index (χ4n) is 1.77. The molecule has 0 aliphatic carbocycles. The van der Waals surface area contributed by atoms with Crippen molar-refractivity contribution < 1.29 is 23.5 Å². The molecular formula is C11H8F2NO3-. The van der Waals surface area contributed by atoms with Gasteiger partial charge < -0.3 is 14.8 Å². The summed E-state index contributed by atoms with van der Waals surface area (Å²) in [6.07, 6.45) is -0.179. The first kappa shape index (κ1) is 11.5. The summed E-state index contributed by atoms with van der Waals surface area (Å²) >= 11 is 0. The van der Waals surface area contributed by atoms with E-state index in [0.29, 0.717) is 0 Å². The van der Waals surface area contributed by atoms with E-state index in [-0.39, 0.29) is 18.7 Å². The Labute approximate surface area is 95.5 Å². The number of carboxylic acids is 1. The van der Waals surface area contributed by atoms with Crippen LogP contribution in [0.15, 0.2) is 18.2 Å². The highest BCUT2D eigenvalue weighted by Crippen LogP contribution is 2.25. The molecule has 17 heavy (non-hydrogen) atoms. The lowest BCUT2D eigenvalue weighted by atomic mass is 10.1. The maximum atomic E-state index is 13.0. The average molecular weight is 240 g/mol. The second-order valence-corrected chi connectivity index (χ2v) is 3.82. The molecule has 1 fully saturated rings. The minimum Gasteiger partial charge on any atom is -0.550 e. The first-order valence-corrected chi connectivity index (χ1v) is 4.95. The molecule has 2 rings (SSSR count). The van der Waals surface area contributed by atoms with Gasteiger partial charge in [0.2, 0.25) is 5.91 Å². The van der Waals surface area contributed by atoms with Crippen molar-refractivity contribution in [2.24, 2.45) is 5.92 Å². The van der Waals surface area contributed by atoms with Gasteiger partial charge in [-0.05, 0) is 12.1 Å².